The molecule has 1 aliphatic rings. The molecule has 3 aromatic heterocycles. The number of furan rings is 1. The second-order valence-electron chi connectivity index (χ2n) is 7.82. The Morgan fingerprint density at radius 1 is 1.00 bits per heavy atom. The molecule has 11 heteroatoms. The molecule has 6 rings (SSSR count). The van der Waals surface area contributed by atoms with Crippen molar-refractivity contribution in [3.05, 3.63) is 102 Å². The average molecular weight is 526 g/mol. The van der Waals surface area contributed by atoms with Crippen molar-refractivity contribution in [2.75, 3.05) is 4.90 Å². The quantitative estimate of drug-likeness (QED) is 0.188. The minimum Gasteiger partial charge on any atom is -0.448 e. The highest BCUT2D eigenvalue weighted by atomic mass is 32.2. The zero-order valence-corrected chi connectivity index (χ0v) is 20.5. The second-order valence-corrected chi connectivity index (χ2v) is 10.1. The topological polar surface area (TPSA) is 118 Å². The second kappa shape index (κ2) is 9.45. The van der Waals surface area contributed by atoms with Gasteiger partial charge in [-0.05, 0) is 66.4 Å². The Hall–Kier alpha value is -4.61. The van der Waals surface area contributed by atoms with E-state index in [4.69, 9.17) is 4.42 Å². The fraction of sp³-hybridized carbons (Fsp3) is 0. The third-order valence-electron chi connectivity index (χ3n) is 5.50. The van der Waals surface area contributed by atoms with Crippen LogP contribution in [0.25, 0.3) is 10.2 Å². The number of hydrogen-bond acceptors (Lipinski definition) is 9. The molecular formula is C26H15N5O4S2. The number of fused-ring (bicyclic) bond motifs is 2. The van der Waals surface area contributed by atoms with Gasteiger partial charge in [-0.1, -0.05) is 12.1 Å². The molecule has 0 fully saturated rings. The minimum absolute atomic E-state index is 0.333. The first-order valence-corrected chi connectivity index (χ1v) is 12.6. The summed E-state index contributed by atoms with van der Waals surface area (Å²) < 4.78 is 7.33. The molecule has 0 spiro atoms. The van der Waals surface area contributed by atoms with Crippen molar-refractivity contribution in [2.45, 2.75) is 9.43 Å². The van der Waals surface area contributed by atoms with E-state index < -0.39 is 0 Å². The van der Waals surface area contributed by atoms with Gasteiger partial charge in [0.2, 0.25) is 0 Å². The van der Waals surface area contributed by atoms with Crippen molar-refractivity contribution in [2.24, 2.45) is 5.10 Å². The van der Waals surface area contributed by atoms with E-state index in [1.54, 1.807) is 66.7 Å². The molecule has 1 N–H and O–H groups in total. The Kier molecular flexibility index (Phi) is 5.83. The molecule has 9 nitrogen and oxygen atoms in total. The van der Waals surface area contributed by atoms with E-state index in [2.05, 4.69) is 20.5 Å². The lowest BCUT2D eigenvalue weighted by atomic mass is 10.1. The van der Waals surface area contributed by atoms with Gasteiger partial charge in [0.25, 0.3) is 17.7 Å². The maximum atomic E-state index is 12.8. The van der Waals surface area contributed by atoms with Crippen LogP contribution < -0.4 is 10.3 Å². The van der Waals surface area contributed by atoms with Crippen LogP contribution in [0.4, 0.5) is 5.69 Å². The van der Waals surface area contributed by atoms with E-state index in [1.165, 1.54) is 46.6 Å². The van der Waals surface area contributed by atoms with Gasteiger partial charge in [-0.2, -0.15) is 5.10 Å². The van der Waals surface area contributed by atoms with E-state index in [1.807, 2.05) is 0 Å². The van der Waals surface area contributed by atoms with Crippen molar-refractivity contribution < 1.29 is 18.8 Å². The Balaban J connectivity index is 1.15. The molecule has 5 aromatic rings. The number of carbonyl (C=O) groups excluding carboxylic acids is 3. The van der Waals surface area contributed by atoms with Crippen LogP contribution in [0.5, 0.6) is 0 Å². The predicted octanol–water partition coefficient (Wildman–Crippen LogP) is 5.00. The molecule has 0 atom stereocenters. The number of benzene rings is 2. The monoisotopic (exact) mass is 525 g/mol. The van der Waals surface area contributed by atoms with E-state index in [-0.39, 0.29) is 17.7 Å². The molecule has 4 heterocycles. The molecule has 0 bridgehead atoms. The van der Waals surface area contributed by atoms with Crippen LogP contribution in [0.15, 0.2) is 98.1 Å². The standard InChI is InChI=1S/C26H15N5O4S2/c32-23(15-9-11-27-12-10-15)30-28-14-17-6-8-22(35-17)37-26-29-20-7-5-16(13-21(20)36-26)31-24(33)18-3-1-2-4-19(18)25(31)34/h1-14H,(H,30,32)/b28-14+. The Morgan fingerprint density at radius 2 is 1.76 bits per heavy atom. The smallest absolute Gasteiger partial charge is 0.271 e. The van der Waals surface area contributed by atoms with Crippen LogP contribution in [0.2, 0.25) is 0 Å². The number of imide groups is 1. The Morgan fingerprint density at radius 3 is 2.51 bits per heavy atom. The number of amides is 3. The molecule has 37 heavy (non-hydrogen) atoms. The van der Waals surface area contributed by atoms with Crippen molar-refractivity contribution in [1.29, 1.82) is 0 Å². The van der Waals surface area contributed by atoms with Gasteiger partial charge in [0, 0.05) is 18.0 Å². The van der Waals surface area contributed by atoms with Crippen LogP contribution in [0.1, 0.15) is 36.8 Å². The van der Waals surface area contributed by atoms with Gasteiger partial charge >= 0.3 is 0 Å². The molecule has 0 saturated heterocycles. The Labute approximate surface area is 217 Å². The molecule has 3 amide bonds. The first-order chi connectivity index (χ1) is 18.1. The summed E-state index contributed by atoms with van der Waals surface area (Å²) in [6, 6.07) is 18.8. The molecule has 0 unspecified atom stereocenters. The third kappa shape index (κ3) is 4.41. The molecule has 1 aliphatic heterocycles. The van der Waals surface area contributed by atoms with E-state index in [0.29, 0.717) is 33.2 Å². The number of thiazole rings is 1. The number of carbonyl (C=O) groups is 3. The van der Waals surface area contributed by atoms with Gasteiger partial charge in [0.15, 0.2) is 9.43 Å². The SMILES string of the molecule is O=C(N/N=C/c1ccc(Sc2nc3ccc(N4C(=O)c5ccccc5C4=O)cc3s2)o1)c1ccncc1. The van der Waals surface area contributed by atoms with E-state index in [9.17, 15) is 14.4 Å². The van der Waals surface area contributed by atoms with E-state index in [0.717, 1.165) is 14.6 Å². The van der Waals surface area contributed by atoms with E-state index >= 15 is 0 Å². The van der Waals surface area contributed by atoms with Crippen molar-refractivity contribution >= 4 is 62.9 Å². The highest BCUT2D eigenvalue weighted by Crippen LogP contribution is 2.37. The number of nitrogens with one attached hydrogen (secondary N) is 1. The van der Waals surface area contributed by atoms with Crippen molar-refractivity contribution in [3.63, 3.8) is 0 Å². The summed E-state index contributed by atoms with van der Waals surface area (Å²) in [6.07, 6.45) is 4.47. The molecule has 0 radical (unpaired) electrons. The summed E-state index contributed by atoms with van der Waals surface area (Å²) in [5, 5.41) is 4.53. The predicted molar refractivity (Wildman–Crippen MR) is 139 cm³/mol. The number of pyridine rings is 1. The first-order valence-electron chi connectivity index (χ1n) is 11.0. The highest BCUT2D eigenvalue weighted by Gasteiger charge is 2.36. The summed E-state index contributed by atoms with van der Waals surface area (Å²) in [5.74, 6) is -0.553. The Bertz CT molecular complexity index is 1680. The molecular weight excluding hydrogens is 510 g/mol. The normalized spacial score (nSPS) is 13.0. The van der Waals surface area contributed by atoms with Crippen molar-refractivity contribution in [1.82, 2.24) is 15.4 Å². The highest BCUT2D eigenvalue weighted by molar-refractivity contribution is 8.01. The summed E-state index contributed by atoms with van der Waals surface area (Å²) >= 11 is 2.76. The fourth-order valence-electron chi connectivity index (χ4n) is 3.77. The summed E-state index contributed by atoms with van der Waals surface area (Å²) in [5.41, 5.74) is 4.95. The average Bonchev–Trinajstić information content (AvgIpc) is 3.61. The maximum absolute atomic E-state index is 12.8. The number of nitrogens with zero attached hydrogens (tertiary/aromatic N) is 4. The minimum atomic E-state index is -0.352. The van der Waals surface area contributed by atoms with Crippen LogP contribution >= 0.6 is 23.1 Å². The summed E-state index contributed by atoms with van der Waals surface area (Å²) in [6.45, 7) is 0. The zero-order chi connectivity index (χ0) is 25.4. The van der Waals surface area contributed by atoms with Gasteiger partial charge < -0.3 is 4.42 Å². The number of hydrazone groups is 1. The summed E-state index contributed by atoms with van der Waals surface area (Å²) in [7, 11) is 0. The lowest BCUT2D eigenvalue weighted by Gasteiger charge is -2.13. The number of rotatable bonds is 6. The fourth-order valence-corrected chi connectivity index (χ4v) is 5.77. The molecule has 180 valence electrons. The van der Waals surface area contributed by atoms with Crippen LogP contribution in [-0.2, 0) is 0 Å². The number of anilines is 1. The largest absolute Gasteiger partial charge is 0.448 e. The van der Waals surface area contributed by atoms with Crippen LogP contribution in [0, 0.1) is 0 Å². The van der Waals surface area contributed by atoms with Crippen LogP contribution in [-0.4, -0.2) is 33.9 Å². The number of hydrogen-bond donors (Lipinski definition) is 1. The molecule has 2 aromatic carbocycles. The van der Waals surface area contributed by atoms with Gasteiger partial charge in [0.05, 0.1) is 33.2 Å². The molecule has 0 aliphatic carbocycles. The van der Waals surface area contributed by atoms with Crippen molar-refractivity contribution in [3.8, 4) is 0 Å². The lowest BCUT2D eigenvalue weighted by Crippen LogP contribution is -2.29. The third-order valence-corrected chi connectivity index (χ3v) is 7.49. The zero-order valence-electron chi connectivity index (χ0n) is 18.8. The first kappa shape index (κ1) is 22.8. The van der Waals surface area contributed by atoms with Gasteiger partial charge in [-0.15, -0.1) is 11.3 Å². The molecule has 0 saturated carbocycles. The van der Waals surface area contributed by atoms with Crippen LogP contribution in [0.3, 0.4) is 0 Å². The maximum Gasteiger partial charge on any atom is 0.271 e. The lowest BCUT2D eigenvalue weighted by molar-refractivity contribution is 0.0922. The van der Waals surface area contributed by atoms with Gasteiger partial charge in [-0.3, -0.25) is 19.4 Å². The summed E-state index contributed by atoms with van der Waals surface area (Å²) in [4.78, 5) is 47.4. The van der Waals surface area contributed by atoms with Gasteiger partial charge in [-0.25, -0.2) is 15.3 Å². The number of aromatic nitrogens is 2. The van der Waals surface area contributed by atoms with Gasteiger partial charge in [0.1, 0.15) is 5.76 Å².